The van der Waals surface area contributed by atoms with Crippen LogP contribution in [-0.2, 0) is 11.3 Å². The van der Waals surface area contributed by atoms with Crippen LogP contribution in [0.5, 0.6) is 11.5 Å². The van der Waals surface area contributed by atoms with Crippen LogP contribution in [-0.4, -0.2) is 78.2 Å². The largest absolute Gasteiger partial charge is 0.497 e. The number of para-hydroxylation sites is 1. The molecular formula is C25H32N6O3. The van der Waals surface area contributed by atoms with Crippen molar-refractivity contribution in [3.8, 4) is 11.5 Å². The number of methoxy groups -OCH3 is 2. The van der Waals surface area contributed by atoms with Gasteiger partial charge in [-0.05, 0) is 53.6 Å². The second-order valence-electron chi connectivity index (χ2n) is 8.72. The fourth-order valence-corrected chi connectivity index (χ4v) is 4.94. The van der Waals surface area contributed by atoms with E-state index in [4.69, 9.17) is 14.2 Å². The normalized spacial score (nSPS) is 19.8. The highest BCUT2D eigenvalue weighted by atomic mass is 16.5. The van der Waals surface area contributed by atoms with Crippen LogP contribution in [0.15, 0.2) is 48.5 Å². The maximum atomic E-state index is 5.87. The first-order chi connectivity index (χ1) is 16.8. The molecule has 0 aliphatic carbocycles. The average molecular weight is 465 g/mol. The van der Waals surface area contributed by atoms with Crippen molar-refractivity contribution in [1.82, 2.24) is 25.1 Å². The minimum atomic E-state index is -0.106. The van der Waals surface area contributed by atoms with Crippen molar-refractivity contribution in [2.45, 2.75) is 31.5 Å². The maximum Gasteiger partial charge on any atom is 0.173 e. The number of hydrogen-bond acceptors (Lipinski definition) is 8. The monoisotopic (exact) mass is 464 g/mol. The highest BCUT2D eigenvalue weighted by Gasteiger charge is 2.33. The first-order valence-electron chi connectivity index (χ1n) is 11.9. The van der Waals surface area contributed by atoms with Gasteiger partial charge in [-0.25, -0.2) is 4.68 Å². The van der Waals surface area contributed by atoms with Crippen LogP contribution in [0.1, 0.15) is 30.3 Å². The van der Waals surface area contributed by atoms with Gasteiger partial charge in [0.1, 0.15) is 17.5 Å². The SMILES string of the molecule is COc1ccc(N2CCN([C@H](c3ccccc3OC)c3nnnn3C[C@@H]3CCCO3)CC2)cc1. The second-order valence-corrected chi connectivity index (χ2v) is 8.72. The van der Waals surface area contributed by atoms with Crippen LogP contribution in [0.25, 0.3) is 0 Å². The van der Waals surface area contributed by atoms with E-state index < -0.39 is 0 Å². The van der Waals surface area contributed by atoms with Crippen molar-refractivity contribution in [3.05, 3.63) is 59.9 Å². The number of tetrazole rings is 1. The van der Waals surface area contributed by atoms with Gasteiger partial charge in [0.15, 0.2) is 5.82 Å². The molecule has 5 rings (SSSR count). The summed E-state index contributed by atoms with van der Waals surface area (Å²) >= 11 is 0. The van der Waals surface area contributed by atoms with Crippen molar-refractivity contribution < 1.29 is 14.2 Å². The van der Waals surface area contributed by atoms with Crippen LogP contribution >= 0.6 is 0 Å². The second kappa shape index (κ2) is 10.4. The third kappa shape index (κ3) is 4.71. The number of hydrogen-bond donors (Lipinski definition) is 0. The molecule has 2 atom stereocenters. The Morgan fingerprint density at radius 3 is 2.50 bits per heavy atom. The summed E-state index contributed by atoms with van der Waals surface area (Å²) in [4.78, 5) is 4.86. The predicted octanol–water partition coefficient (Wildman–Crippen LogP) is 2.78. The molecule has 9 nitrogen and oxygen atoms in total. The summed E-state index contributed by atoms with van der Waals surface area (Å²) in [6, 6.07) is 16.3. The predicted molar refractivity (Wildman–Crippen MR) is 128 cm³/mol. The van der Waals surface area contributed by atoms with Crippen LogP contribution in [0.3, 0.4) is 0 Å². The molecule has 34 heavy (non-hydrogen) atoms. The van der Waals surface area contributed by atoms with Gasteiger partial charge in [0.25, 0.3) is 0 Å². The highest BCUT2D eigenvalue weighted by molar-refractivity contribution is 5.49. The van der Waals surface area contributed by atoms with Crippen molar-refractivity contribution in [3.63, 3.8) is 0 Å². The lowest BCUT2D eigenvalue weighted by Gasteiger charge is -2.40. The van der Waals surface area contributed by atoms with Crippen molar-refractivity contribution in [2.24, 2.45) is 0 Å². The Labute approximate surface area is 200 Å². The highest BCUT2D eigenvalue weighted by Crippen LogP contribution is 2.35. The van der Waals surface area contributed by atoms with Gasteiger partial charge in [-0.3, -0.25) is 4.90 Å². The van der Waals surface area contributed by atoms with Gasteiger partial charge in [-0.15, -0.1) is 5.10 Å². The van der Waals surface area contributed by atoms with Gasteiger partial charge < -0.3 is 19.1 Å². The lowest BCUT2D eigenvalue weighted by Crippen LogP contribution is -2.48. The lowest BCUT2D eigenvalue weighted by molar-refractivity contribution is 0.0906. The van der Waals surface area contributed by atoms with Crippen LogP contribution in [0.2, 0.25) is 0 Å². The smallest absolute Gasteiger partial charge is 0.173 e. The van der Waals surface area contributed by atoms with Crippen molar-refractivity contribution in [1.29, 1.82) is 0 Å². The fourth-order valence-electron chi connectivity index (χ4n) is 4.94. The van der Waals surface area contributed by atoms with E-state index >= 15 is 0 Å². The van der Waals surface area contributed by atoms with E-state index in [2.05, 4.69) is 43.5 Å². The van der Waals surface area contributed by atoms with Gasteiger partial charge in [0, 0.05) is 44.0 Å². The molecule has 0 spiro atoms. The number of ether oxygens (including phenoxy) is 3. The zero-order chi connectivity index (χ0) is 23.3. The summed E-state index contributed by atoms with van der Waals surface area (Å²) in [6.45, 7) is 5.05. The van der Waals surface area contributed by atoms with Gasteiger partial charge in [-0.1, -0.05) is 18.2 Å². The molecule has 0 N–H and O–H groups in total. The third-order valence-corrected chi connectivity index (χ3v) is 6.76. The van der Waals surface area contributed by atoms with E-state index in [0.29, 0.717) is 6.54 Å². The van der Waals surface area contributed by atoms with E-state index in [-0.39, 0.29) is 12.1 Å². The van der Waals surface area contributed by atoms with Gasteiger partial charge in [0.2, 0.25) is 0 Å². The maximum absolute atomic E-state index is 5.87. The molecule has 1 aromatic heterocycles. The summed E-state index contributed by atoms with van der Waals surface area (Å²) in [6.07, 6.45) is 2.29. The molecule has 2 aliphatic heterocycles. The number of benzene rings is 2. The summed E-state index contributed by atoms with van der Waals surface area (Å²) < 4.78 is 18.8. The fraction of sp³-hybridized carbons (Fsp3) is 0.480. The zero-order valence-corrected chi connectivity index (χ0v) is 19.8. The minimum Gasteiger partial charge on any atom is -0.497 e. The Morgan fingerprint density at radius 2 is 1.79 bits per heavy atom. The molecule has 9 heteroatoms. The molecule has 2 aromatic carbocycles. The van der Waals surface area contributed by atoms with E-state index in [9.17, 15) is 0 Å². The van der Waals surface area contributed by atoms with E-state index in [0.717, 1.165) is 68.5 Å². The molecule has 0 amide bonds. The summed E-state index contributed by atoms with van der Waals surface area (Å²) in [5, 5.41) is 12.9. The standard InChI is InChI=1S/C25H32N6O3/c1-32-20-11-9-19(10-12-20)29-13-15-30(16-14-29)24(22-7-3-4-8-23(22)33-2)25-26-27-28-31(25)18-21-6-5-17-34-21/h3-4,7-12,21,24H,5-6,13-18H2,1-2H3/t21-,24+/m0/s1. The van der Waals surface area contributed by atoms with Crippen LogP contribution in [0, 0.1) is 0 Å². The molecule has 180 valence electrons. The van der Waals surface area contributed by atoms with Crippen LogP contribution in [0.4, 0.5) is 5.69 Å². The topological polar surface area (TPSA) is 77.8 Å². The molecule has 0 radical (unpaired) electrons. The average Bonchev–Trinajstić information content (AvgIpc) is 3.58. The molecule has 0 unspecified atom stereocenters. The number of anilines is 1. The minimum absolute atomic E-state index is 0.106. The van der Waals surface area contributed by atoms with Crippen molar-refractivity contribution >= 4 is 5.69 Å². The summed E-state index contributed by atoms with van der Waals surface area (Å²) in [5.41, 5.74) is 2.28. The molecule has 3 heterocycles. The molecule has 3 aromatic rings. The van der Waals surface area contributed by atoms with Gasteiger partial charge >= 0.3 is 0 Å². The van der Waals surface area contributed by atoms with Gasteiger partial charge in [0.05, 0.1) is 26.9 Å². The Morgan fingerprint density at radius 1 is 1.00 bits per heavy atom. The number of piperazine rings is 1. The Kier molecular flexibility index (Phi) is 6.92. The summed E-state index contributed by atoms with van der Waals surface area (Å²) in [7, 11) is 3.41. The molecule has 2 saturated heterocycles. The van der Waals surface area contributed by atoms with E-state index in [1.54, 1.807) is 14.2 Å². The van der Waals surface area contributed by atoms with Gasteiger partial charge in [-0.2, -0.15) is 0 Å². The van der Waals surface area contributed by atoms with Crippen LogP contribution < -0.4 is 14.4 Å². The molecule has 2 fully saturated rings. The molecule has 0 bridgehead atoms. The molecular weight excluding hydrogens is 432 g/mol. The molecule has 0 saturated carbocycles. The Balaban J connectivity index is 1.40. The zero-order valence-electron chi connectivity index (χ0n) is 19.8. The summed E-state index contributed by atoms with van der Waals surface area (Å²) in [5.74, 6) is 2.55. The number of aromatic nitrogens is 4. The van der Waals surface area contributed by atoms with Crippen molar-refractivity contribution in [2.75, 3.05) is 51.9 Å². The van der Waals surface area contributed by atoms with E-state index in [1.165, 1.54) is 5.69 Å². The van der Waals surface area contributed by atoms with E-state index in [1.807, 2.05) is 35.0 Å². The number of nitrogens with zero attached hydrogens (tertiary/aromatic N) is 6. The molecule has 2 aliphatic rings. The lowest BCUT2D eigenvalue weighted by atomic mass is 10.0. The number of rotatable bonds is 8. The first kappa shape index (κ1) is 22.6. The first-order valence-corrected chi connectivity index (χ1v) is 11.9. The third-order valence-electron chi connectivity index (χ3n) is 6.76. The Hall–Kier alpha value is -3.17. The quantitative estimate of drug-likeness (QED) is 0.504. The Bertz CT molecular complexity index is 1060.